The summed E-state index contributed by atoms with van der Waals surface area (Å²) in [5.74, 6) is -1.22. The third-order valence-corrected chi connectivity index (χ3v) is 7.84. The number of piperidine rings is 1. The molecule has 3 heterocycles. The number of aliphatic hydroxyl groups excluding tert-OH is 1. The maximum atomic E-state index is 14.0. The molecule has 3 aromatic rings. The van der Waals surface area contributed by atoms with Gasteiger partial charge in [-0.1, -0.05) is 31.2 Å². The summed E-state index contributed by atoms with van der Waals surface area (Å²) in [5, 5.41) is 21.3. The van der Waals surface area contributed by atoms with Crippen molar-refractivity contribution in [2.45, 2.75) is 38.8 Å². The molecule has 2 atom stereocenters. The highest BCUT2D eigenvalue weighted by atomic mass is 19.2. The zero-order chi connectivity index (χ0) is 30.5. The monoisotopic (exact) mass is 598 g/mol. The van der Waals surface area contributed by atoms with E-state index >= 15 is 0 Å². The Morgan fingerprint density at radius 3 is 2.53 bits per heavy atom. The predicted molar refractivity (Wildman–Crippen MR) is 154 cm³/mol. The lowest BCUT2D eigenvalue weighted by atomic mass is 9.98. The largest absolute Gasteiger partial charge is 0.476 e. The van der Waals surface area contributed by atoms with Crippen molar-refractivity contribution in [2.75, 3.05) is 44.7 Å². The molecule has 13 heteroatoms. The van der Waals surface area contributed by atoms with Crippen LogP contribution >= 0.6 is 0 Å². The van der Waals surface area contributed by atoms with Gasteiger partial charge in [0, 0.05) is 26.2 Å². The van der Waals surface area contributed by atoms with Crippen molar-refractivity contribution in [3.8, 4) is 11.6 Å². The van der Waals surface area contributed by atoms with Crippen LogP contribution in [0.25, 0.3) is 5.69 Å². The summed E-state index contributed by atoms with van der Waals surface area (Å²) < 4.78 is 35.3. The molecule has 2 aromatic carbocycles. The number of aromatic nitrogens is 2. The average Bonchev–Trinajstić information content (AvgIpc) is 3.57. The van der Waals surface area contributed by atoms with Gasteiger partial charge in [0.05, 0.1) is 23.9 Å². The van der Waals surface area contributed by atoms with Crippen molar-refractivity contribution in [2.24, 2.45) is 5.92 Å². The van der Waals surface area contributed by atoms with E-state index in [2.05, 4.69) is 15.7 Å². The van der Waals surface area contributed by atoms with E-state index in [0.29, 0.717) is 61.3 Å². The molecule has 1 aromatic heterocycles. The topological polar surface area (TPSA) is 121 Å². The van der Waals surface area contributed by atoms with Crippen molar-refractivity contribution >= 4 is 17.8 Å². The van der Waals surface area contributed by atoms with Gasteiger partial charge in [0.15, 0.2) is 11.6 Å². The lowest BCUT2D eigenvalue weighted by Gasteiger charge is -2.31. The molecule has 3 amide bonds. The van der Waals surface area contributed by atoms with Crippen LogP contribution in [-0.4, -0.2) is 82.2 Å². The number of hydrogen-bond donors (Lipinski definition) is 3. The predicted octanol–water partition coefficient (Wildman–Crippen LogP) is 3.57. The minimum Gasteiger partial charge on any atom is -0.476 e. The van der Waals surface area contributed by atoms with E-state index in [1.54, 1.807) is 14.6 Å². The number of nitrogens with one attached hydrogen (secondary N) is 2. The Bertz CT molecular complexity index is 1430. The third kappa shape index (κ3) is 6.95. The number of hydrogen-bond acceptors (Lipinski definition) is 7. The Morgan fingerprint density at radius 1 is 1.12 bits per heavy atom. The maximum Gasteiger partial charge on any atom is 0.320 e. The summed E-state index contributed by atoms with van der Waals surface area (Å²) in [4.78, 5) is 32.7. The van der Waals surface area contributed by atoms with E-state index in [4.69, 9.17) is 14.7 Å². The van der Waals surface area contributed by atoms with Crippen LogP contribution in [0.15, 0.2) is 48.5 Å². The van der Waals surface area contributed by atoms with Crippen LogP contribution in [0.3, 0.4) is 0 Å². The standard InChI is InChI=1S/C30H36F2N6O5/c1-3-37-16-25(27(43-37)21-9-10-23(31)24(32)15-21)33-30(41)34-28-19(2)29(35-38(28)22-7-5-4-6-8-22)42-18-20-11-13-36(14-12-20)26(40)17-39/h4-10,15,20,25,27,39H,3,11-14,16-18H2,1-2H3,(H2,33,34,41)/t25-,27+/m1/s1. The number of carbonyl (C=O) groups excluding carboxylic acids is 2. The van der Waals surface area contributed by atoms with Gasteiger partial charge >= 0.3 is 6.03 Å². The number of ether oxygens (including phenoxy) is 1. The van der Waals surface area contributed by atoms with Gasteiger partial charge < -0.3 is 20.1 Å². The van der Waals surface area contributed by atoms with E-state index in [-0.39, 0.29) is 11.8 Å². The molecule has 2 aliphatic rings. The van der Waals surface area contributed by atoms with Gasteiger partial charge in [0.25, 0.3) is 0 Å². The molecule has 230 valence electrons. The van der Waals surface area contributed by atoms with Crippen LogP contribution in [0.1, 0.15) is 37.0 Å². The van der Waals surface area contributed by atoms with Crippen LogP contribution in [0.2, 0.25) is 0 Å². The summed E-state index contributed by atoms with van der Waals surface area (Å²) in [6.45, 7) is 5.61. The first-order valence-corrected chi connectivity index (χ1v) is 14.4. The molecule has 0 unspecified atom stereocenters. The number of hydroxylamine groups is 2. The lowest BCUT2D eigenvalue weighted by Crippen LogP contribution is -2.42. The van der Waals surface area contributed by atoms with Crippen molar-refractivity contribution in [3.63, 3.8) is 0 Å². The summed E-state index contributed by atoms with van der Waals surface area (Å²) in [6, 6.07) is 11.8. The number of carbonyl (C=O) groups is 2. The number of amides is 3. The zero-order valence-corrected chi connectivity index (χ0v) is 24.1. The number of likely N-dealkylation sites (tertiary alicyclic amines) is 1. The number of rotatable bonds is 9. The highest BCUT2D eigenvalue weighted by molar-refractivity contribution is 5.90. The molecule has 0 aliphatic carbocycles. The second kappa shape index (κ2) is 13.5. The van der Waals surface area contributed by atoms with Gasteiger partial charge in [0.2, 0.25) is 11.8 Å². The summed E-state index contributed by atoms with van der Waals surface area (Å²) in [6.07, 6.45) is 0.781. The number of likely N-dealkylation sites (N-methyl/N-ethyl adjacent to an activating group) is 1. The van der Waals surface area contributed by atoms with Crippen LogP contribution < -0.4 is 15.4 Å². The van der Waals surface area contributed by atoms with E-state index in [0.717, 1.165) is 25.0 Å². The van der Waals surface area contributed by atoms with E-state index in [1.807, 2.05) is 44.2 Å². The van der Waals surface area contributed by atoms with Crippen molar-refractivity contribution < 1.29 is 33.1 Å². The number of urea groups is 1. The van der Waals surface area contributed by atoms with Crippen LogP contribution in [0.5, 0.6) is 5.88 Å². The normalized spacial score (nSPS) is 19.4. The van der Waals surface area contributed by atoms with Crippen molar-refractivity contribution in [3.05, 3.63) is 71.3 Å². The Balaban J connectivity index is 1.30. The molecule has 0 spiro atoms. The smallest absolute Gasteiger partial charge is 0.320 e. The quantitative estimate of drug-likeness (QED) is 0.345. The molecular weight excluding hydrogens is 562 g/mol. The summed E-state index contributed by atoms with van der Waals surface area (Å²) in [7, 11) is 0. The number of aliphatic hydroxyl groups is 1. The first-order valence-electron chi connectivity index (χ1n) is 14.4. The zero-order valence-electron chi connectivity index (χ0n) is 24.1. The second-order valence-electron chi connectivity index (χ2n) is 10.7. The second-order valence-corrected chi connectivity index (χ2v) is 10.7. The number of benzene rings is 2. The van der Waals surface area contributed by atoms with Crippen LogP contribution in [0, 0.1) is 24.5 Å². The summed E-state index contributed by atoms with van der Waals surface area (Å²) in [5.41, 5.74) is 1.75. The minimum atomic E-state index is -0.988. The molecule has 3 N–H and O–H groups in total. The van der Waals surface area contributed by atoms with E-state index < -0.39 is 36.4 Å². The number of halogens is 2. The molecule has 2 saturated heterocycles. The number of nitrogens with zero attached hydrogens (tertiary/aromatic N) is 4. The molecule has 0 bridgehead atoms. The third-order valence-electron chi connectivity index (χ3n) is 7.84. The summed E-state index contributed by atoms with van der Waals surface area (Å²) >= 11 is 0. The molecule has 0 saturated carbocycles. The van der Waals surface area contributed by atoms with Gasteiger partial charge in [-0.15, -0.1) is 5.10 Å². The molecule has 11 nitrogen and oxygen atoms in total. The maximum absolute atomic E-state index is 14.0. The molecular formula is C30H36F2N6O5. The minimum absolute atomic E-state index is 0.209. The molecule has 5 rings (SSSR count). The molecule has 2 aliphatic heterocycles. The van der Waals surface area contributed by atoms with Gasteiger partial charge in [-0.05, 0) is 55.5 Å². The first kappa shape index (κ1) is 30.4. The SMILES string of the molecule is CCN1C[C@@H](NC(=O)Nc2c(C)c(OCC3CCN(C(=O)CO)CC3)nn2-c2ccccc2)[C@H](c2ccc(F)c(F)c2)O1. The fourth-order valence-corrected chi connectivity index (χ4v) is 5.37. The van der Waals surface area contributed by atoms with Gasteiger partial charge in [0.1, 0.15) is 18.5 Å². The highest BCUT2D eigenvalue weighted by Crippen LogP contribution is 2.32. The van der Waals surface area contributed by atoms with Crippen molar-refractivity contribution in [1.29, 1.82) is 0 Å². The Hall–Kier alpha value is -4.07. The van der Waals surface area contributed by atoms with Crippen LogP contribution in [0.4, 0.5) is 19.4 Å². The average molecular weight is 599 g/mol. The number of para-hydroxylation sites is 1. The van der Waals surface area contributed by atoms with Gasteiger partial charge in [-0.2, -0.15) is 5.06 Å². The Labute approximate surface area is 248 Å². The van der Waals surface area contributed by atoms with Crippen molar-refractivity contribution in [1.82, 2.24) is 25.1 Å². The Kier molecular flexibility index (Phi) is 9.53. The van der Waals surface area contributed by atoms with E-state index in [1.165, 1.54) is 6.07 Å². The number of anilines is 1. The van der Waals surface area contributed by atoms with Gasteiger partial charge in [-0.25, -0.2) is 18.3 Å². The van der Waals surface area contributed by atoms with Gasteiger partial charge in [-0.3, -0.25) is 14.9 Å². The Morgan fingerprint density at radius 2 is 1.86 bits per heavy atom. The van der Waals surface area contributed by atoms with Crippen LogP contribution in [-0.2, 0) is 9.63 Å². The first-order chi connectivity index (χ1) is 20.8. The molecule has 43 heavy (non-hydrogen) atoms. The fourth-order valence-electron chi connectivity index (χ4n) is 5.37. The lowest BCUT2D eigenvalue weighted by molar-refractivity contribution is -0.144. The fraction of sp³-hybridized carbons (Fsp3) is 0.433. The highest BCUT2D eigenvalue weighted by Gasteiger charge is 2.36. The van der Waals surface area contributed by atoms with E-state index in [9.17, 15) is 18.4 Å². The molecule has 2 fully saturated rings. The molecule has 0 radical (unpaired) electrons.